The predicted molar refractivity (Wildman–Crippen MR) is 101 cm³/mol. The average molecular weight is 374 g/mol. The summed E-state index contributed by atoms with van der Waals surface area (Å²) in [5.74, 6) is 3.00. The van der Waals surface area contributed by atoms with Gasteiger partial charge in [-0.3, -0.25) is 9.59 Å². The molecule has 0 unspecified atom stereocenters. The van der Waals surface area contributed by atoms with Gasteiger partial charge in [0, 0.05) is 45.9 Å². The number of nitrogens with zero attached hydrogens (tertiary/aromatic N) is 5. The van der Waals surface area contributed by atoms with Gasteiger partial charge in [-0.05, 0) is 25.2 Å². The van der Waals surface area contributed by atoms with E-state index in [-0.39, 0.29) is 17.9 Å². The molecule has 3 aliphatic rings. The Kier molecular flexibility index (Phi) is 5.45. The third-order valence-corrected chi connectivity index (χ3v) is 6.61. The van der Waals surface area contributed by atoms with Crippen molar-refractivity contribution in [2.24, 2.45) is 5.92 Å². The molecule has 148 valence electrons. The lowest BCUT2D eigenvalue weighted by Gasteiger charge is -2.25. The number of hydrogen-bond acceptors (Lipinski definition) is 4. The van der Waals surface area contributed by atoms with Gasteiger partial charge in [0.2, 0.25) is 11.8 Å². The van der Waals surface area contributed by atoms with E-state index in [0.29, 0.717) is 19.5 Å². The Hall–Kier alpha value is -1.92. The Labute approximate surface area is 161 Å². The Balaban J connectivity index is 1.44. The first kappa shape index (κ1) is 18.4. The van der Waals surface area contributed by atoms with Crippen LogP contribution in [0.5, 0.6) is 0 Å². The van der Waals surface area contributed by atoms with E-state index in [0.717, 1.165) is 56.3 Å². The summed E-state index contributed by atoms with van der Waals surface area (Å²) in [6.45, 7) is 4.56. The van der Waals surface area contributed by atoms with Crippen LogP contribution in [0.2, 0.25) is 0 Å². The van der Waals surface area contributed by atoms with Crippen LogP contribution in [0.15, 0.2) is 0 Å². The highest BCUT2D eigenvalue weighted by atomic mass is 16.2. The highest BCUT2D eigenvalue weighted by Crippen LogP contribution is 2.34. The molecule has 7 heteroatoms. The van der Waals surface area contributed by atoms with E-state index in [2.05, 4.69) is 14.8 Å². The van der Waals surface area contributed by atoms with E-state index in [4.69, 9.17) is 0 Å². The fraction of sp³-hybridized carbons (Fsp3) is 0.800. The first-order valence-electron chi connectivity index (χ1n) is 10.6. The summed E-state index contributed by atoms with van der Waals surface area (Å²) in [5.41, 5.74) is 0. The van der Waals surface area contributed by atoms with E-state index in [1.165, 1.54) is 25.7 Å². The summed E-state index contributed by atoms with van der Waals surface area (Å²) in [5, 5.41) is 8.87. The smallest absolute Gasteiger partial charge is 0.223 e. The van der Waals surface area contributed by atoms with E-state index >= 15 is 0 Å². The fourth-order valence-corrected chi connectivity index (χ4v) is 5.01. The van der Waals surface area contributed by atoms with Crippen LogP contribution >= 0.6 is 0 Å². The summed E-state index contributed by atoms with van der Waals surface area (Å²) >= 11 is 0. The zero-order valence-electron chi connectivity index (χ0n) is 16.4. The molecule has 2 fully saturated rings. The molecule has 2 aliphatic heterocycles. The molecule has 4 rings (SSSR count). The van der Waals surface area contributed by atoms with Crippen molar-refractivity contribution in [1.82, 2.24) is 24.6 Å². The van der Waals surface area contributed by atoms with Crippen LogP contribution in [0, 0.1) is 5.92 Å². The average Bonchev–Trinajstić information content (AvgIpc) is 3.38. The number of likely N-dealkylation sites (tertiary alicyclic amines) is 1. The molecule has 2 amide bonds. The number of carbonyl (C=O) groups is 2. The quantitative estimate of drug-likeness (QED) is 0.812. The predicted octanol–water partition coefficient (Wildman–Crippen LogP) is 2.32. The molecule has 1 aromatic rings. The van der Waals surface area contributed by atoms with Crippen molar-refractivity contribution in [3.05, 3.63) is 11.6 Å². The number of hydrogen-bond donors (Lipinski definition) is 0. The molecule has 27 heavy (non-hydrogen) atoms. The van der Waals surface area contributed by atoms with Gasteiger partial charge in [-0.2, -0.15) is 0 Å². The topological polar surface area (TPSA) is 71.3 Å². The number of carbonyl (C=O) groups excluding carboxylic acids is 2. The highest BCUT2D eigenvalue weighted by molar-refractivity contribution is 5.77. The van der Waals surface area contributed by atoms with Crippen LogP contribution in [0.1, 0.15) is 76.0 Å². The Bertz CT molecular complexity index is 695. The first-order valence-corrected chi connectivity index (χ1v) is 10.6. The van der Waals surface area contributed by atoms with Gasteiger partial charge in [-0.1, -0.05) is 25.7 Å². The van der Waals surface area contributed by atoms with Gasteiger partial charge in [-0.15, -0.1) is 10.2 Å². The molecule has 1 atom stereocenters. The number of rotatable bonds is 4. The van der Waals surface area contributed by atoms with Crippen molar-refractivity contribution in [1.29, 1.82) is 0 Å². The minimum Gasteiger partial charge on any atom is -0.341 e. The van der Waals surface area contributed by atoms with Gasteiger partial charge < -0.3 is 14.4 Å². The van der Waals surface area contributed by atoms with Gasteiger partial charge in [0.1, 0.15) is 5.82 Å². The summed E-state index contributed by atoms with van der Waals surface area (Å²) in [6.07, 6.45) is 9.67. The van der Waals surface area contributed by atoms with E-state index < -0.39 is 0 Å². The van der Waals surface area contributed by atoms with Gasteiger partial charge in [0.25, 0.3) is 0 Å². The van der Waals surface area contributed by atoms with Crippen LogP contribution in [-0.4, -0.2) is 56.0 Å². The minimum absolute atomic E-state index is 0.0474. The molecule has 0 N–H and O–H groups in total. The molecule has 1 saturated heterocycles. The Morgan fingerprint density at radius 2 is 1.81 bits per heavy atom. The molecule has 0 radical (unpaired) electrons. The van der Waals surface area contributed by atoms with Crippen LogP contribution in [0.25, 0.3) is 0 Å². The molecular weight excluding hydrogens is 342 g/mol. The normalized spacial score (nSPS) is 23.5. The van der Waals surface area contributed by atoms with Crippen molar-refractivity contribution in [2.75, 3.05) is 19.6 Å². The van der Waals surface area contributed by atoms with E-state index in [1.54, 1.807) is 6.92 Å². The maximum Gasteiger partial charge on any atom is 0.223 e. The molecule has 0 aromatic carbocycles. The fourth-order valence-electron chi connectivity index (χ4n) is 5.01. The van der Waals surface area contributed by atoms with Crippen molar-refractivity contribution < 1.29 is 9.59 Å². The molecule has 0 spiro atoms. The summed E-state index contributed by atoms with van der Waals surface area (Å²) < 4.78 is 2.16. The summed E-state index contributed by atoms with van der Waals surface area (Å²) in [7, 11) is 0. The van der Waals surface area contributed by atoms with Crippen molar-refractivity contribution >= 4 is 11.8 Å². The lowest BCUT2D eigenvalue weighted by atomic mass is 10.0. The van der Waals surface area contributed by atoms with Crippen LogP contribution in [-0.2, 0) is 22.6 Å². The second-order valence-corrected chi connectivity index (χ2v) is 8.32. The minimum atomic E-state index is 0.0474. The third-order valence-electron chi connectivity index (χ3n) is 6.61. The van der Waals surface area contributed by atoms with Gasteiger partial charge in [-0.25, -0.2) is 0 Å². The monoisotopic (exact) mass is 373 g/mol. The Morgan fingerprint density at radius 1 is 1.00 bits per heavy atom. The molecular formula is C20H31N5O2. The lowest BCUT2D eigenvalue weighted by Crippen LogP contribution is -2.33. The zero-order chi connectivity index (χ0) is 18.8. The first-order chi connectivity index (χ1) is 13.1. The Morgan fingerprint density at radius 3 is 2.59 bits per heavy atom. The molecule has 1 aromatic heterocycles. The molecule has 3 heterocycles. The van der Waals surface area contributed by atoms with Crippen LogP contribution in [0.3, 0.4) is 0 Å². The van der Waals surface area contributed by atoms with Gasteiger partial charge in [0.05, 0.1) is 6.04 Å². The summed E-state index contributed by atoms with van der Waals surface area (Å²) in [4.78, 5) is 28.5. The SMILES string of the molecule is CC(=O)N1CCc2nnc([C@@H]3CCCN3C(=O)CCC3CCCC3)n2CC1. The van der Waals surface area contributed by atoms with E-state index in [1.807, 2.05) is 9.80 Å². The third kappa shape index (κ3) is 3.87. The number of fused-ring (bicyclic) bond motifs is 1. The molecule has 1 aliphatic carbocycles. The number of aromatic nitrogens is 3. The molecule has 1 saturated carbocycles. The van der Waals surface area contributed by atoms with Crippen molar-refractivity contribution in [2.45, 2.75) is 77.3 Å². The standard InChI is InChI=1S/C20H31N5O2/c1-15(26)23-12-10-18-21-22-20(25(18)14-13-23)17-7-4-11-24(17)19(27)9-8-16-5-2-3-6-16/h16-17H,2-14H2,1H3/t17-/m0/s1. The van der Waals surface area contributed by atoms with E-state index in [9.17, 15) is 9.59 Å². The molecule has 0 bridgehead atoms. The summed E-state index contributed by atoms with van der Waals surface area (Å²) in [6, 6.07) is 0.0474. The van der Waals surface area contributed by atoms with Gasteiger partial charge in [0.15, 0.2) is 5.82 Å². The second kappa shape index (κ2) is 7.98. The maximum absolute atomic E-state index is 12.9. The largest absolute Gasteiger partial charge is 0.341 e. The zero-order valence-corrected chi connectivity index (χ0v) is 16.4. The highest BCUT2D eigenvalue weighted by Gasteiger charge is 2.35. The van der Waals surface area contributed by atoms with Crippen molar-refractivity contribution in [3.8, 4) is 0 Å². The van der Waals surface area contributed by atoms with Crippen molar-refractivity contribution in [3.63, 3.8) is 0 Å². The maximum atomic E-state index is 12.9. The second-order valence-electron chi connectivity index (χ2n) is 8.32. The number of amides is 2. The lowest BCUT2D eigenvalue weighted by molar-refractivity contribution is -0.132. The molecule has 7 nitrogen and oxygen atoms in total. The van der Waals surface area contributed by atoms with Gasteiger partial charge >= 0.3 is 0 Å². The van der Waals surface area contributed by atoms with Crippen LogP contribution < -0.4 is 0 Å². The van der Waals surface area contributed by atoms with Crippen LogP contribution in [0.4, 0.5) is 0 Å².